The van der Waals surface area contributed by atoms with Gasteiger partial charge in [0.2, 0.25) is 0 Å². The molecule has 1 aromatic heterocycles. The summed E-state index contributed by atoms with van der Waals surface area (Å²) in [6.07, 6.45) is 1.91. The summed E-state index contributed by atoms with van der Waals surface area (Å²) in [6.45, 7) is 11.2. The molecule has 3 N–H and O–H groups in total. The Morgan fingerprint density at radius 1 is 1.11 bits per heavy atom. The number of nitrogens with one attached hydrogen (secondary N) is 1. The molecule has 0 aliphatic rings. The van der Waals surface area contributed by atoms with E-state index in [2.05, 4.69) is 56.7 Å². The number of rotatable bonds is 3. The minimum Gasteiger partial charge on any atom is -0.342 e. The monoisotopic (exact) mass is 257 g/mol. The molecule has 0 unspecified atom stereocenters. The summed E-state index contributed by atoms with van der Waals surface area (Å²) in [7, 11) is 0. The molecule has 0 radical (unpaired) electrons. The van der Waals surface area contributed by atoms with Gasteiger partial charge in [0, 0.05) is 17.5 Å². The molecule has 3 heteroatoms. The van der Waals surface area contributed by atoms with E-state index >= 15 is 0 Å². The minimum absolute atomic E-state index is 0.119. The molecule has 102 valence electrons. The average Bonchev–Trinajstić information content (AvgIpc) is 2.84. The summed E-state index contributed by atoms with van der Waals surface area (Å²) in [4.78, 5) is 7.91. The van der Waals surface area contributed by atoms with E-state index < -0.39 is 0 Å². The lowest BCUT2D eigenvalue weighted by Crippen LogP contribution is -2.29. The number of nitrogens with two attached hydrogens (primary N) is 1. The lowest BCUT2D eigenvalue weighted by Gasteiger charge is -2.19. The van der Waals surface area contributed by atoms with Crippen LogP contribution in [0.25, 0.3) is 11.3 Å². The molecule has 0 aliphatic heterocycles. The normalized spacial score (nSPS) is 11.9. The number of hydrogen-bond donors (Lipinski definition) is 2. The fourth-order valence-electron chi connectivity index (χ4n) is 2.15. The molecule has 19 heavy (non-hydrogen) atoms. The van der Waals surface area contributed by atoms with Crippen molar-refractivity contribution in [1.29, 1.82) is 0 Å². The van der Waals surface area contributed by atoms with Crippen LogP contribution in [0.5, 0.6) is 0 Å². The molecule has 3 nitrogen and oxygen atoms in total. The molecule has 0 bridgehead atoms. The van der Waals surface area contributed by atoms with Gasteiger partial charge >= 0.3 is 0 Å². The van der Waals surface area contributed by atoms with Gasteiger partial charge in [-0.15, -0.1) is 0 Å². The standard InChI is InChI=1S/C16H23N3/c1-10-6-12(3)13(7-11(10)2)14-8-18-15(19-14)16(4,5)9-17/h6-8H,9,17H2,1-5H3,(H,18,19). The van der Waals surface area contributed by atoms with Crippen molar-refractivity contribution in [1.82, 2.24) is 9.97 Å². The van der Waals surface area contributed by atoms with Gasteiger partial charge in [-0.2, -0.15) is 0 Å². The highest BCUT2D eigenvalue weighted by Gasteiger charge is 2.22. The van der Waals surface area contributed by atoms with E-state index in [1.54, 1.807) is 0 Å². The predicted molar refractivity (Wildman–Crippen MR) is 80.3 cm³/mol. The summed E-state index contributed by atoms with van der Waals surface area (Å²) in [5.41, 5.74) is 11.9. The number of imidazole rings is 1. The number of H-pyrrole nitrogens is 1. The average molecular weight is 257 g/mol. The van der Waals surface area contributed by atoms with Crippen LogP contribution in [-0.4, -0.2) is 16.5 Å². The van der Waals surface area contributed by atoms with Crippen molar-refractivity contribution < 1.29 is 0 Å². The number of benzene rings is 1. The number of aromatic nitrogens is 2. The lowest BCUT2D eigenvalue weighted by molar-refractivity contribution is 0.508. The highest BCUT2D eigenvalue weighted by atomic mass is 14.9. The van der Waals surface area contributed by atoms with Crippen LogP contribution in [0.3, 0.4) is 0 Å². The molecule has 0 spiro atoms. The molecule has 0 amide bonds. The Hall–Kier alpha value is -1.61. The van der Waals surface area contributed by atoms with Crippen LogP contribution in [0, 0.1) is 20.8 Å². The van der Waals surface area contributed by atoms with Crippen LogP contribution in [0.1, 0.15) is 36.4 Å². The van der Waals surface area contributed by atoms with E-state index in [0.717, 1.165) is 11.5 Å². The number of aryl methyl sites for hydroxylation is 3. The zero-order valence-corrected chi connectivity index (χ0v) is 12.5. The van der Waals surface area contributed by atoms with Crippen LogP contribution in [0.4, 0.5) is 0 Å². The third-order valence-corrected chi connectivity index (χ3v) is 3.86. The van der Waals surface area contributed by atoms with Gasteiger partial charge in [-0.25, -0.2) is 4.98 Å². The molecule has 0 saturated carbocycles. The maximum Gasteiger partial charge on any atom is 0.113 e. The maximum absolute atomic E-state index is 5.80. The second kappa shape index (κ2) is 4.82. The summed E-state index contributed by atoms with van der Waals surface area (Å²) in [5.74, 6) is 0.947. The number of hydrogen-bond acceptors (Lipinski definition) is 2. The number of nitrogens with zero attached hydrogens (tertiary/aromatic N) is 1. The van der Waals surface area contributed by atoms with E-state index in [1.807, 2.05) is 6.20 Å². The summed E-state index contributed by atoms with van der Waals surface area (Å²) < 4.78 is 0. The van der Waals surface area contributed by atoms with Gasteiger partial charge in [0.05, 0.1) is 11.9 Å². The highest BCUT2D eigenvalue weighted by molar-refractivity contribution is 5.65. The van der Waals surface area contributed by atoms with E-state index in [4.69, 9.17) is 5.73 Å². The molecule has 0 aliphatic carbocycles. The Labute approximate surface area is 115 Å². The molecule has 0 atom stereocenters. The molecule has 1 aromatic carbocycles. The predicted octanol–water partition coefficient (Wildman–Crippen LogP) is 3.24. The molecule has 2 rings (SSSR count). The Bertz CT molecular complexity index is 594. The van der Waals surface area contributed by atoms with E-state index in [1.165, 1.54) is 22.3 Å². The highest BCUT2D eigenvalue weighted by Crippen LogP contribution is 2.27. The van der Waals surface area contributed by atoms with Gasteiger partial charge in [0.25, 0.3) is 0 Å². The van der Waals surface area contributed by atoms with E-state index in [-0.39, 0.29) is 5.41 Å². The topological polar surface area (TPSA) is 54.7 Å². The van der Waals surface area contributed by atoms with Crippen molar-refractivity contribution in [2.75, 3.05) is 6.54 Å². The summed E-state index contributed by atoms with van der Waals surface area (Å²) in [6, 6.07) is 4.44. The number of aromatic amines is 1. The van der Waals surface area contributed by atoms with Crippen molar-refractivity contribution in [2.45, 2.75) is 40.0 Å². The van der Waals surface area contributed by atoms with Crippen LogP contribution in [0.2, 0.25) is 0 Å². The smallest absolute Gasteiger partial charge is 0.113 e. The zero-order chi connectivity index (χ0) is 14.2. The van der Waals surface area contributed by atoms with Crippen molar-refractivity contribution in [3.05, 3.63) is 40.8 Å². The molecule has 2 aromatic rings. The van der Waals surface area contributed by atoms with Crippen molar-refractivity contribution >= 4 is 0 Å². The molecule has 0 fully saturated rings. The molecular formula is C16H23N3. The molecule has 1 heterocycles. The second-order valence-electron chi connectivity index (χ2n) is 5.98. The van der Waals surface area contributed by atoms with Gasteiger partial charge in [-0.05, 0) is 43.5 Å². The first kappa shape index (κ1) is 13.8. The first-order valence-corrected chi connectivity index (χ1v) is 6.69. The minimum atomic E-state index is -0.119. The zero-order valence-electron chi connectivity index (χ0n) is 12.5. The maximum atomic E-state index is 5.80. The van der Waals surface area contributed by atoms with E-state index in [0.29, 0.717) is 6.54 Å². The fourth-order valence-corrected chi connectivity index (χ4v) is 2.15. The van der Waals surface area contributed by atoms with Gasteiger partial charge in [-0.1, -0.05) is 19.9 Å². The molecule has 0 saturated heterocycles. The Morgan fingerprint density at radius 3 is 2.37 bits per heavy atom. The Morgan fingerprint density at radius 2 is 1.74 bits per heavy atom. The fraction of sp³-hybridized carbons (Fsp3) is 0.438. The first-order valence-electron chi connectivity index (χ1n) is 6.69. The van der Waals surface area contributed by atoms with Crippen LogP contribution in [-0.2, 0) is 5.41 Å². The largest absolute Gasteiger partial charge is 0.342 e. The lowest BCUT2D eigenvalue weighted by atomic mass is 9.93. The summed E-state index contributed by atoms with van der Waals surface area (Å²) >= 11 is 0. The van der Waals surface area contributed by atoms with Crippen molar-refractivity contribution in [3.63, 3.8) is 0 Å². The van der Waals surface area contributed by atoms with Crippen molar-refractivity contribution in [3.8, 4) is 11.3 Å². The third kappa shape index (κ3) is 2.56. The van der Waals surface area contributed by atoms with Crippen LogP contribution >= 0.6 is 0 Å². The van der Waals surface area contributed by atoms with Crippen LogP contribution in [0.15, 0.2) is 18.3 Å². The SMILES string of the molecule is Cc1cc(C)c(-c2cnc(C(C)(C)CN)[nH]2)cc1C. The van der Waals surface area contributed by atoms with Crippen LogP contribution < -0.4 is 5.73 Å². The van der Waals surface area contributed by atoms with Gasteiger partial charge < -0.3 is 10.7 Å². The first-order chi connectivity index (χ1) is 8.85. The van der Waals surface area contributed by atoms with Crippen molar-refractivity contribution in [2.24, 2.45) is 5.73 Å². The third-order valence-electron chi connectivity index (χ3n) is 3.86. The quantitative estimate of drug-likeness (QED) is 0.887. The summed E-state index contributed by atoms with van der Waals surface area (Å²) in [5, 5.41) is 0. The van der Waals surface area contributed by atoms with E-state index in [9.17, 15) is 0 Å². The Balaban J connectivity index is 2.47. The molecular weight excluding hydrogens is 234 g/mol. The van der Waals surface area contributed by atoms with Gasteiger partial charge in [0.15, 0.2) is 0 Å². The Kier molecular flexibility index (Phi) is 3.50. The van der Waals surface area contributed by atoms with Gasteiger partial charge in [0.1, 0.15) is 5.82 Å². The van der Waals surface area contributed by atoms with Gasteiger partial charge in [-0.3, -0.25) is 0 Å². The second-order valence-corrected chi connectivity index (χ2v) is 5.98.